The van der Waals surface area contributed by atoms with Crippen molar-refractivity contribution in [3.8, 4) is 0 Å². The number of unbranched alkanes of at least 4 members (excludes halogenated alkanes) is 3. The Balaban J connectivity index is 0.915. The number of hydrogen-bond acceptors (Lipinski definition) is 9. The zero-order valence-corrected chi connectivity index (χ0v) is 23.5. The minimum absolute atomic E-state index is 0.0999. The van der Waals surface area contributed by atoms with Gasteiger partial charge < -0.3 is 5.32 Å². The first-order chi connectivity index (χ1) is 20.4. The molecule has 3 aliphatic rings. The Bertz CT molecular complexity index is 1600. The molecule has 2 N–H and O–H groups in total. The summed E-state index contributed by atoms with van der Waals surface area (Å²) in [4.78, 5) is 60.0. The van der Waals surface area contributed by atoms with E-state index in [1.165, 1.54) is 0 Å². The molecular weight excluding hydrogens is 534 g/mol. The molecule has 0 bridgehead atoms. The van der Waals surface area contributed by atoms with Gasteiger partial charge in [-0.3, -0.25) is 39.4 Å². The smallest absolute Gasteiger partial charge is 0.262 e. The predicted molar refractivity (Wildman–Crippen MR) is 157 cm³/mol. The van der Waals surface area contributed by atoms with Crippen LogP contribution >= 0.6 is 0 Å². The van der Waals surface area contributed by atoms with E-state index in [2.05, 4.69) is 25.7 Å². The number of aryl methyl sites for hydroxylation is 1. The monoisotopic (exact) mass is 567 g/mol. The lowest BCUT2D eigenvalue weighted by Gasteiger charge is -2.27. The maximum Gasteiger partial charge on any atom is 0.262 e. The van der Waals surface area contributed by atoms with Crippen molar-refractivity contribution in [2.45, 2.75) is 57.4 Å². The molecule has 6 rings (SSSR count). The van der Waals surface area contributed by atoms with Gasteiger partial charge in [0.15, 0.2) is 0 Å². The van der Waals surface area contributed by atoms with Gasteiger partial charge in [0.1, 0.15) is 6.04 Å². The van der Waals surface area contributed by atoms with E-state index in [9.17, 15) is 19.2 Å². The van der Waals surface area contributed by atoms with Crippen molar-refractivity contribution < 1.29 is 19.2 Å². The van der Waals surface area contributed by atoms with Crippen LogP contribution in [-0.4, -0.2) is 75.4 Å². The quantitative estimate of drug-likeness (QED) is 0.281. The summed E-state index contributed by atoms with van der Waals surface area (Å²) in [5.74, 6) is -1.84. The van der Waals surface area contributed by atoms with Crippen LogP contribution in [0.25, 0.3) is 11.0 Å². The van der Waals surface area contributed by atoms with Crippen LogP contribution in [0, 0.1) is 6.92 Å². The number of amides is 4. The Morgan fingerprint density at radius 1 is 1.00 bits per heavy atom. The van der Waals surface area contributed by atoms with Crippen molar-refractivity contribution in [2.75, 3.05) is 25.0 Å². The van der Waals surface area contributed by atoms with Gasteiger partial charge in [0.05, 0.1) is 33.8 Å². The van der Waals surface area contributed by atoms with Gasteiger partial charge in [-0.2, -0.15) is 5.10 Å². The largest absolute Gasteiger partial charge is 0.385 e. The summed E-state index contributed by atoms with van der Waals surface area (Å²) in [7, 11) is 0. The zero-order chi connectivity index (χ0) is 29.2. The fourth-order valence-corrected chi connectivity index (χ4v) is 5.78. The van der Waals surface area contributed by atoms with Crippen LogP contribution in [-0.2, 0) is 9.59 Å². The molecule has 2 atom stereocenters. The highest BCUT2D eigenvalue weighted by molar-refractivity contribution is 6.23. The molecule has 1 aromatic heterocycles. The summed E-state index contributed by atoms with van der Waals surface area (Å²) in [6, 6.07) is 10.2. The molecule has 11 heteroatoms. The van der Waals surface area contributed by atoms with Crippen LogP contribution < -0.4 is 10.6 Å². The summed E-state index contributed by atoms with van der Waals surface area (Å²) in [5.41, 5.74) is 5.26. The molecule has 0 radical (unpaired) electrons. The Labute approximate surface area is 243 Å². The van der Waals surface area contributed by atoms with Crippen LogP contribution in [0.1, 0.15) is 76.4 Å². The summed E-state index contributed by atoms with van der Waals surface area (Å²) in [6.07, 6.45) is 8.21. The SMILES string of the molecule is Cc1cccc2nc(C3C=NN(CCCCCCNc4ccc5c(c4)C(=O)N(C4CCC(=O)NC4=O)C5=O)C3)cnc12. The fourth-order valence-electron chi connectivity index (χ4n) is 5.78. The van der Waals surface area contributed by atoms with E-state index in [1.54, 1.807) is 18.2 Å². The van der Waals surface area contributed by atoms with Crippen LogP contribution in [0.5, 0.6) is 0 Å². The average molecular weight is 568 g/mol. The van der Waals surface area contributed by atoms with Gasteiger partial charge in [-0.25, -0.2) is 4.98 Å². The third-order valence-electron chi connectivity index (χ3n) is 8.10. The molecule has 2 aromatic carbocycles. The molecule has 2 unspecified atom stereocenters. The van der Waals surface area contributed by atoms with E-state index in [0.717, 1.165) is 78.2 Å². The first kappa shape index (κ1) is 27.5. The molecule has 0 aliphatic carbocycles. The number of benzene rings is 2. The number of hydrogen-bond donors (Lipinski definition) is 2. The number of aromatic nitrogens is 2. The number of nitrogens with zero attached hydrogens (tertiary/aromatic N) is 5. The Morgan fingerprint density at radius 2 is 1.83 bits per heavy atom. The average Bonchev–Trinajstić information content (AvgIpc) is 3.55. The van der Waals surface area contributed by atoms with Crippen LogP contribution in [0.4, 0.5) is 5.69 Å². The molecular formula is C31H33N7O4. The van der Waals surface area contributed by atoms with E-state index in [-0.39, 0.29) is 35.8 Å². The van der Waals surface area contributed by atoms with E-state index in [1.807, 2.05) is 37.5 Å². The highest BCUT2D eigenvalue weighted by Gasteiger charge is 2.44. The van der Waals surface area contributed by atoms with Crippen LogP contribution in [0.2, 0.25) is 0 Å². The lowest BCUT2D eigenvalue weighted by atomic mass is 10.0. The molecule has 4 heterocycles. The highest BCUT2D eigenvalue weighted by atomic mass is 16.2. The lowest BCUT2D eigenvalue weighted by molar-refractivity contribution is -0.136. The van der Waals surface area contributed by atoms with E-state index in [4.69, 9.17) is 4.98 Å². The van der Waals surface area contributed by atoms with Gasteiger partial charge in [-0.15, -0.1) is 0 Å². The third-order valence-corrected chi connectivity index (χ3v) is 8.10. The minimum atomic E-state index is -0.958. The second-order valence-electron chi connectivity index (χ2n) is 11.1. The number of hydrazone groups is 1. The number of anilines is 1. The van der Waals surface area contributed by atoms with Crippen molar-refractivity contribution in [2.24, 2.45) is 5.10 Å². The normalized spacial score (nSPS) is 20.0. The summed E-state index contributed by atoms with van der Waals surface area (Å²) >= 11 is 0. The molecule has 1 saturated heterocycles. The number of fused-ring (bicyclic) bond motifs is 2. The molecule has 1 fully saturated rings. The number of carbonyl (C=O) groups is 4. The fraction of sp³-hybridized carbons (Fsp3) is 0.387. The van der Waals surface area contributed by atoms with Gasteiger partial charge in [0.2, 0.25) is 11.8 Å². The maximum absolute atomic E-state index is 13.0. The lowest BCUT2D eigenvalue weighted by Crippen LogP contribution is -2.54. The topological polar surface area (TPSA) is 137 Å². The molecule has 4 amide bonds. The van der Waals surface area contributed by atoms with Crippen molar-refractivity contribution in [3.05, 3.63) is 65.0 Å². The summed E-state index contributed by atoms with van der Waals surface area (Å²) < 4.78 is 0. The van der Waals surface area contributed by atoms with E-state index >= 15 is 0 Å². The summed E-state index contributed by atoms with van der Waals surface area (Å²) in [5, 5.41) is 12.2. The molecule has 3 aliphatic heterocycles. The second kappa shape index (κ2) is 11.7. The van der Waals surface area contributed by atoms with Crippen molar-refractivity contribution in [1.82, 2.24) is 25.2 Å². The van der Waals surface area contributed by atoms with Gasteiger partial charge in [0, 0.05) is 44.2 Å². The Hall–Kier alpha value is -4.67. The molecule has 11 nitrogen and oxygen atoms in total. The van der Waals surface area contributed by atoms with Crippen LogP contribution in [0.3, 0.4) is 0 Å². The number of piperidine rings is 1. The molecule has 216 valence electrons. The minimum Gasteiger partial charge on any atom is -0.385 e. The summed E-state index contributed by atoms with van der Waals surface area (Å²) in [6.45, 7) is 4.49. The first-order valence-electron chi connectivity index (χ1n) is 14.5. The van der Waals surface area contributed by atoms with Gasteiger partial charge >= 0.3 is 0 Å². The predicted octanol–water partition coefficient (Wildman–Crippen LogP) is 3.40. The molecule has 42 heavy (non-hydrogen) atoms. The molecule has 0 saturated carbocycles. The zero-order valence-electron chi connectivity index (χ0n) is 23.5. The van der Waals surface area contributed by atoms with Gasteiger partial charge in [-0.1, -0.05) is 25.0 Å². The molecule has 0 spiro atoms. The van der Waals surface area contributed by atoms with Gasteiger partial charge in [0.25, 0.3) is 11.8 Å². The standard InChI is InChI=1S/C31H33N7O4/c1-19-7-6-8-24-28(19)33-17-25(35-24)20-16-34-37(18-20)14-5-3-2-4-13-32-21-9-10-22-23(15-21)31(42)38(30(22)41)26-11-12-27(39)36-29(26)40/h6-10,15-17,20,26,32H,2-5,11-14,18H2,1H3,(H,36,39,40). The number of para-hydroxylation sites is 1. The number of nitrogens with one attached hydrogen (secondary N) is 2. The van der Waals surface area contributed by atoms with E-state index in [0.29, 0.717) is 0 Å². The number of carbonyl (C=O) groups excluding carboxylic acids is 4. The third kappa shape index (κ3) is 5.46. The van der Waals surface area contributed by atoms with Crippen molar-refractivity contribution >= 4 is 46.6 Å². The maximum atomic E-state index is 13.0. The van der Waals surface area contributed by atoms with Crippen molar-refractivity contribution in [3.63, 3.8) is 0 Å². The van der Waals surface area contributed by atoms with Crippen molar-refractivity contribution in [1.29, 1.82) is 0 Å². The highest BCUT2D eigenvalue weighted by Crippen LogP contribution is 2.29. The van der Waals surface area contributed by atoms with E-state index < -0.39 is 23.8 Å². The number of rotatable bonds is 10. The second-order valence-corrected chi connectivity index (χ2v) is 11.1. The number of imide groups is 2. The molecule has 3 aromatic rings. The Kier molecular flexibility index (Phi) is 7.64. The Morgan fingerprint density at radius 3 is 2.69 bits per heavy atom. The van der Waals surface area contributed by atoms with Crippen LogP contribution in [0.15, 0.2) is 47.7 Å². The van der Waals surface area contributed by atoms with Gasteiger partial charge in [-0.05, 0) is 56.0 Å². The first-order valence-corrected chi connectivity index (χ1v) is 14.5.